The zero-order valence-electron chi connectivity index (χ0n) is 8.22. The van der Waals surface area contributed by atoms with Gasteiger partial charge in [-0.05, 0) is 24.3 Å². The smallest absolute Gasteiger partial charge is 0.237 e. The largest absolute Gasteiger partial charge is 0.454 e. The monoisotopic (exact) mass is 236 g/mol. The minimum atomic E-state index is 0.337. The average Bonchev–Trinajstić information content (AvgIpc) is 2.33. The Morgan fingerprint density at radius 3 is 2.25 bits per heavy atom. The fraction of sp³-hybridized carbons (Fsp3) is 0. The number of aromatic nitrogens is 2. The van der Waals surface area contributed by atoms with Crippen LogP contribution >= 0.6 is 11.6 Å². The van der Waals surface area contributed by atoms with Crippen molar-refractivity contribution in [1.82, 2.24) is 9.97 Å². The number of anilines is 1. The third-order valence-electron chi connectivity index (χ3n) is 1.81. The molecule has 0 saturated carbocycles. The third kappa shape index (κ3) is 2.59. The molecule has 0 unspecified atom stereocenters. The number of nitrogens with zero attached hydrogens (tertiary/aromatic N) is 2. The van der Waals surface area contributed by atoms with Crippen LogP contribution in [0, 0.1) is 0 Å². The first-order valence-corrected chi connectivity index (χ1v) is 4.88. The van der Waals surface area contributed by atoms with Crippen molar-refractivity contribution < 1.29 is 4.74 Å². The Balaban J connectivity index is 2.11. The van der Waals surface area contributed by atoms with Crippen molar-refractivity contribution in [1.29, 1.82) is 0 Å². The lowest BCUT2D eigenvalue weighted by Crippen LogP contribution is -2.09. The van der Waals surface area contributed by atoms with Crippen molar-refractivity contribution in [2.24, 2.45) is 5.84 Å². The van der Waals surface area contributed by atoms with Crippen molar-refractivity contribution in [2.75, 3.05) is 5.43 Å². The number of nitrogens with two attached hydrogens (primary N) is 1. The molecule has 0 radical (unpaired) electrons. The number of halogens is 1. The van der Waals surface area contributed by atoms with E-state index in [0.29, 0.717) is 22.5 Å². The van der Waals surface area contributed by atoms with Crippen LogP contribution in [0.4, 0.5) is 5.95 Å². The zero-order chi connectivity index (χ0) is 11.4. The summed E-state index contributed by atoms with van der Waals surface area (Å²) < 4.78 is 5.48. The summed E-state index contributed by atoms with van der Waals surface area (Å²) in [7, 11) is 0. The van der Waals surface area contributed by atoms with Crippen LogP contribution in [0.5, 0.6) is 11.5 Å². The number of benzene rings is 1. The number of hydrogen-bond donors (Lipinski definition) is 2. The van der Waals surface area contributed by atoms with Gasteiger partial charge in [-0.2, -0.15) is 0 Å². The molecule has 3 N–H and O–H groups in total. The minimum absolute atomic E-state index is 0.337. The molecule has 0 aliphatic carbocycles. The van der Waals surface area contributed by atoms with Gasteiger partial charge in [0.05, 0.1) is 12.4 Å². The van der Waals surface area contributed by atoms with E-state index in [-0.39, 0.29) is 0 Å². The van der Waals surface area contributed by atoms with Gasteiger partial charge in [-0.3, -0.25) is 5.43 Å². The Kier molecular flexibility index (Phi) is 3.19. The SMILES string of the molecule is NNc1ncc(Oc2ccc(Cl)cc2)cn1. The molecule has 0 fully saturated rings. The van der Waals surface area contributed by atoms with Gasteiger partial charge in [0.1, 0.15) is 5.75 Å². The van der Waals surface area contributed by atoms with Gasteiger partial charge in [-0.25, -0.2) is 15.8 Å². The molecule has 5 nitrogen and oxygen atoms in total. The zero-order valence-corrected chi connectivity index (χ0v) is 8.98. The second-order valence-electron chi connectivity index (χ2n) is 2.94. The van der Waals surface area contributed by atoms with Crippen LogP contribution in [0.15, 0.2) is 36.7 Å². The van der Waals surface area contributed by atoms with E-state index in [1.54, 1.807) is 24.3 Å². The Labute approximate surface area is 97.2 Å². The van der Waals surface area contributed by atoms with Crippen LogP contribution < -0.4 is 16.0 Å². The van der Waals surface area contributed by atoms with E-state index in [4.69, 9.17) is 22.2 Å². The summed E-state index contributed by atoms with van der Waals surface area (Å²) in [6.07, 6.45) is 3.05. The molecule has 1 aromatic carbocycles. The Hall–Kier alpha value is -1.85. The highest BCUT2D eigenvalue weighted by atomic mass is 35.5. The molecular weight excluding hydrogens is 228 g/mol. The van der Waals surface area contributed by atoms with E-state index in [1.807, 2.05) is 0 Å². The number of hydrogen-bond acceptors (Lipinski definition) is 5. The van der Waals surface area contributed by atoms with Crippen LogP contribution in [-0.2, 0) is 0 Å². The molecule has 0 atom stereocenters. The van der Waals surface area contributed by atoms with E-state index < -0.39 is 0 Å². The van der Waals surface area contributed by atoms with Crippen LogP contribution in [0.1, 0.15) is 0 Å². The highest BCUT2D eigenvalue weighted by Gasteiger charge is 1.99. The van der Waals surface area contributed by atoms with E-state index in [9.17, 15) is 0 Å². The van der Waals surface area contributed by atoms with Gasteiger partial charge in [-0.15, -0.1) is 0 Å². The van der Waals surface area contributed by atoms with E-state index in [2.05, 4.69) is 15.4 Å². The molecule has 82 valence electrons. The molecule has 0 bridgehead atoms. The first-order valence-electron chi connectivity index (χ1n) is 4.50. The molecule has 0 amide bonds. The fourth-order valence-electron chi connectivity index (χ4n) is 1.08. The van der Waals surface area contributed by atoms with Crippen molar-refractivity contribution in [3.05, 3.63) is 41.7 Å². The van der Waals surface area contributed by atoms with E-state index in [1.165, 1.54) is 12.4 Å². The maximum atomic E-state index is 5.75. The second-order valence-corrected chi connectivity index (χ2v) is 3.38. The normalized spacial score (nSPS) is 9.88. The lowest BCUT2D eigenvalue weighted by molar-refractivity contribution is 0.477. The molecular formula is C10H9ClN4O. The lowest BCUT2D eigenvalue weighted by atomic mass is 10.3. The first-order chi connectivity index (χ1) is 7.78. The van der Waals surface area contributed by atoms with Gasteiger partial charge in [0.15, 0.2) is 5.75 Å². The summed E-state index contributed by atoms with van der Waals surface area (Å²) in [6.45, 7) is 0. The molecule has 1 aromatic heterocycles. The van der Waals surface area contributed by atoms with E-state index in [0.717, 1.165) is 0 Å². The number of nitrogen functional groups attached to an aromatic ring is 1. The molecule has 0 aliphatic heterocycles. The minimum Gasteiger partial charge on any atom is -0.454 e. The second kappa shape index (κ2) is 4.78. The molecule has 2 aromatic rings. The Morgan fingerprint density at radius 1 is 1.06 bits per heavy atom. The number of nitrogens with one attached hydrogen (secondary N) is 1. The molecule has 2 rings (SSSR count). The van der Waals surface area contributed by atoms with Gasteiger partial charge in [0.2, 0.25) is 5.95 Å². The van der Waals surface area contributed by atoms with Crippen molar-refractivity contribution in [2.45, 2.75) is 0 Å². The van der Waals surface area contributed by atoms with Gasteiger partial charge in [-0.1, -0.05) is 11.6 Å². The fourth-order valence-corrected chi connectivity index (χ4v) is 1.21. The standard InChI is InChI=1S/C10H9ClN4O/c11-7-1-3-8(4-2-7)16-9-5-13-10(15-12)14-6-9/h1-6H,12H2,(H,13,14,15). The van der Waals surface area contributed by atoms with Gasteiger partial charge >= 0.3 is 0 Å². The molecule has 0 saturated heterocycles. The van der Waals surface area contributed by atoms with Gasteiger partial charge in [0.25, 0.3) is 0 Å². The summed E-state index contributed by atoms with van der Waals surface area (Å²) in [5.74, 6) is 6.67. The van der Waals surface area contributed by atoms with E-state index >= 15 is 0 Å². The van der Waals surface area contributed by atoms with Gasteiger partial charge < -0.3 is 4.74 Å². The predicted molar refractivity (Wildman–Crippen MR) is 61.4 cm³/mol. The van der Waals surface area contributed by atoms with Gasteiger partial charge in [0, 0.05) is 5.02 Å². The van der Waals surface area contributed by atoms with Crippen molar-refractivity contribution >= 4 is 17.5 Å². The number of rotatable bonds is 3. The quantitative estimate of drug-likeness (QED) is 0.631. The highest BCUT2D eigenvalue weighted by Crippen LogP contribution is 2.21. The van der Waals surface area contributed by atoms with Crippen LogP contribution in [0.3, 0.4) is 0 Å². The highest BCUT2D eigenvalue weighted by molar-refractivity contribution is 6.30. The summed E-state index contributed by atoms with van der Waals surface area (Å²) in [5, 5.41) is 0.659. The summed E-state index contributed by atoms with van der Waals surface area (Å²) >= 11 is 5.75. The molecule has 6 heteroatoms. The van der Waals surface area contributed by atoms with Crippen LogP contribution in [-0.4, -0.2) is 9.97 Å². The maximum absolute atomic E-state index is 5.75. The Morgan fingerprint density at radius 2 is 1.69 bits per heavy atom. The molecule has 1 heterocycles. The number of ether oxygens (including phenoxy) is 1. The Bertz CT molecular complexity index is 457. The third-order valence-corrected chi connectivity index (χ3v) is 2.06. The van der Waals surface area contributed by atoms with Crippen molar-refractivity contribution in [3.8, 4) is 11.5 Å². The summed E-state index contributed by atoms with van der Waals surface area (Å²) in [4.78, 5) is 7.83. The van der Waals surface area contributed by atoms with Crippen LogP contribution in [0.25, 0.3) is 0 Å². The topological polar surface area (TPSA) is 73.1 Å². The summed E-state index contributed by atoms with van der Waals surface area (Å²) in [6, 6.07) is 7.01. The van der Waals surface area contributed by atoms with Crippen molar-refractivity contribution in [3.63, 3.8) is 0 Å². The lowest BCUT2D eigenvalue weighted by Gasteiger charge is -2.05. The molecule has 0 aliphatic rings. The molecule has 0 spiro atoms. The maximum Gasteiger partial charge on any atom is 0.237 e. The van der Waals surface area contributed by atoms with Crippen LogP contribution in [0.2, 0.25) is 5.02 Å². The first kappa shape index (κ1) is 10.7. The number of hydrazine groups is 1. The molecule has 16 heavy (non-hydrogen) atoms. The predicted octanol–water partition coefficient (Wildman–Crippen LogP) is 2.21. The average molecular weight is 237 g/mol. The summed E-state index contributed by atoms with van der Waals surface area (Å²) in [5.41, 5.74) is 2.33.